The van der Waals surface area contributed by atoms with Gasteiger partial charge in [-0.2, -0.15) is 0 Å². The van der Waals surface area contributed by atoms with E-state index in [-0.39, 0.29) is 0 Å². The second-order valence-electron chi connectivity index (χ2n) is 5.08. The van der Waals surface area contributed by atoms with Crippen molar-refractivity contribution in [1.29, 1.82) is 0 Å². The fourth-order valence-electron chi connectivity index (χ4n) is 2.81. The molecule has 2 aliphatic rings. The van der Waals surface area contributed by atoms with Gasteiger partial charge in [-0.3, -0.25) is 0 Å². The van der Waals surface area contributed by atoms with Crippen LogP contribution in [0.1, 0.15) is 51.4 Å². The smallest absolute Gasteiger partial charge is 0.0576 e. The van der Waals surface area contributed by atoms with Gasteiger partial charge in [0.1, 0.15) is 0 Å². The SMILES string of the molecule is NCC1(CCCC2CCCO2)CCC1. The molecule has 0 bridgehead atoms. The Balaban J connectivity index is 1.61. The minimum atomic E-state index is 0.540. The molecule has 0 amide bonds. The molecule has 2 nitrogen and oxygen atoms in total. The fourth-order valence-corrected chi connectivity index (χ4v) is 2.81. The molecule has 0 spiro atoms. The summed E-state index contributed by atoms with van der Waals surface area (Å²) in [5, 5.41) is 0. The van der Waals surface area contributed by atoms with Crippen LogP contribution in [-0.4, -0.2) is 19.3 Å². The molecule has 14 heavy (non-hydrogen) atoms. The molecule has 0 aromatic carbocycles. The molecule has 1 aliphatic carbocycles. The molecule has 1 unspecified atom stereocenters. The molecule has 1 heterocycles. The lowest BCUT2D eigenvalue weighted by molar-refractivity contribution is 0.0845. The number of hydrogen-bond donors (Lipinski definition) is 1. The van der Waals surface area contributed by atoms with E-state index in [0.29, 0.717) is 11.5 Å². The predicted molar refractivity (Wildman–Crippen MR) is 58.2 cm³/mol. The summed E-state index contributed by atoms with van der Waals surface area (Å²) in [6, 6.07) is 0. The molecule has 0 aromatic rings. The van der Waals surface area contributed by atoms with Crippen LogP contribution in [0.25, 0.3) is 0 Å². The van der Waals surface area contributed by atoms with Crippen LogP contribution in [0.5, 0.6) is 0 Å². The van der Waals surface area contributed by atoms with Crippen molar-refractivity contribution in [3.05, 3.63) is 0 Å². The van der Waals surface area contributed by atoms with Crippen LogP contribution >= 0.6 is 0 Å². The highest BCUT2D eigenvalue weighted by Gasteiger charge is 2.34. The van der Waals surface area contributed by atoms with E-state index in [1.165, 1.54) is 51.4 Å². The van der Waals surface area contributed by atoms with Crippen LogP contribution in [0, 0.1) is 5.41 Å². The van der Waals surface area contributed by atoms with Gasteiger partial charge in [0.2, 0.25) is 0 Å². The molecular weight excluding hydrogens is 174 g/mol. The average molecular weight is 197 g/mol. The monoisotopic (exact) mass is 197 g/mol. The molecule has 0 radical (unpaired) electrons. The first-order valence-corrected chi connectivity index (χ1v) is 6.16. The Kier molecular flexibility index (Phi) is 3.45. The van der Waals surface area contributed by atoms with Crippen LogP contribution in [0.2, 0.25) is 0 Å². The topological polar surface area (TPSA) is 35.2 Å². The Labute approximate surface area is 87.2 Å². The second kappa shape index (κ2) is 4.63. The summed E-state index contributed by atoms with van der Waals surface area (Å²) in [5.41, 5.74) is 6.37. The minimum Gasteiger partial charge on any atom is -0.378 e. The van der Waals surface area contributed by atoms with Gasteiger partial charge in [-0.15, -0.1) is 0 Å². The molecule has 1 aliphatic heterocycles. The van der Waals surface area contributed by atoms with Crippen molar-refractivity contribution in [3.63, 3.8) is 0 Å². The number of ether oxygens (including phenoxy) is 1. The van der Waals surface area contributed by atoms with Crippen molar-refractivity contribution in [1.82, 2.24) is 0 Å². The van der Waals surface area contributed by atoms with Gasteiger partial charge in [-0.05, 0) is 50.5 Å². The highest BCUT2D eigenvalue weighted by molar-refractivity contribution is 4.88. The van der Waals surface area contributed by atoms with Crippen molar-refractivity contribution in [2.45, 2.75) is 57.5 Å². The molecule has 0 aromatic heterocycles. The molecule has 2 heteroatoms. The van der Waals surface area contributed by atoms with E-state index in [0.717, 1.165) is 13.2 Å². The fraction of sp³-hybridized carbons (Fsp3) is 1.00. The van der Waals surface area contributed by atoms with E-state index >= 15 is 0 Å². The molecule has 1 atom stereocenters. The number of hydrogen-bond acceptors (Lipinski definition) is 2. The van der Waals surface area contributed by atoms with Gasteiger partial charge in [0, 0.05) is 6.61 Å². The summed E-state index contributed by atoms with van der Waals surface area (Å²) in [5.74, 6) is 0. The Hall–Kier alpha value is -0.0800. The van der Waals surface area contributed by atoms with Gasteiger partial charge < -0.3 is 10.5 Å². The minimum absolute atomic E-state index is 0.540. The average Bonchev–Trinajstić information content (AvgIpc) is 2.62. The van der Waals surface area contributed by atoms with Gasteiger partial charge in [0.05, 0.1) is 6.10 Å². The molecular formula is C12H23NO. The molecule has 2 fully saturated rings. The second-order valence-corrected chi connectivity index (χ2v) is 5.08. The summed E-state index contributed by atoms with van der Waals surface area (Å²) in [4.78, 5) is 0. The third kappa shape index (κ3) is 2.29. The normalized spacial score (nSPS) is 30.2. The van der Waals surface area contributed by atoms with E-state index in [9.17, 15) is 0 Å². The molecule has 82 valence electrons. The Morgan fingerprint density at radius 3 is 2.64 bits per heavy atom. The maximum atomic E-state index is 5.83. The van der Waals surface area contributed by atoms with Crippen molar-refractivity contribution in [2.24, 2.45) is 11.1 Å². The summed E-state index contributed by atoms with van der Waals surface area (Å²) in [7, 11) is 0. The third-order valence-corrected chi connectivity index (χ3v) is 4.10. The summed E-state index contributed by atoms with van der Waals surface area (Å²) >= 11 is 0. The molecule has 1 saturated carbocycles. The lowest BCUT2D eigenvalue weighted by Crippen LogP contribution is -2.37. The zero-order valence-electron chi connectivity index (χ0n) is 9.13. The maximum Gasteiger partial charge on any atom is 0.0576 e. The molecule has 2 N–H and O–H groups in total. The van der Waals surface area contributed by atoms with Crippen LogP contribution in [0.3, 0.4) is 0 Å². The highest BCUT2D eigenvalue weighted by atomic mass is 16.5. The van der Waals surface area contributed by atoms with E-state index in [2.05, 4.69) is 0 Å². The van der Waals surface area contributed by atoms with Gasteiger partial charge in [-0.1, -0.05) is 12.8 Å². The van der Waals surface area contributed by atoms with Crippen molar-refractivity contribution < 1.29 is 4.74 Å². The lowest BCUT2D eigenvalue weighted by Gasteiger charge is -2.41. The van der Waals surface area contributed by atoms with E-state index < -0.39 is 0 Å². The largest absolute Gasteiger partial charge is 0.378 e. The summed E-state index contributed by atoms with van der Waals surface area (Å²) < 4.78 is 5.62. The van der Waals surface area contributed by atoms with Crippen molar-refractivity contribution in [2.75, 3.05) is 13.2 Å². The zero-order chi connectivity index (χ0) is 9.86. The predicted octanol–water partition coefficient (Wildman–Crippen LogP) is 2.46. The van der Waals surface area contributed by atoms with Gasteiger partial charge in [0.15, 0.2) is 0 Å². The van der Waals surface area contributed by atoms with E-state index in [4.69, 9.17) is 10.5 Å². The summed E-state index contributed by atoms with van der Waals surface area (Å²) in [6.45, 7) is 1.89. The number of rotatable bonds is 5. The van der Waals surface area contributed by atoms with E-state index in [1.807, 2.05) is 0 Å². The Morgan fingerprint density at radius 2 is 2.14 bits per heavy atom. The quantitative estimate of drug-likeness (QED) is 0.735. The van der Waals surface area contributed by atoms with Crippen molar-refractivity contribution in [3.8, 4) is 0 Å². The van der Waals surface area contributed by atoms with Crippen molar-refractivity contribution >= 4 is 0 Å². The highest BCUT2D eigenvalue weighted by Crippen LogP contribution is 2.44. The van der Waals surface area contributed by atoms with Crippen LogP contribution in [-0.2, 0) is 4.74 Å². The standard InChI is InChI=1S/C12H23NO/c13-10-12(7-3-8-12)6-1-4-11-5-2-9-14-11/h11H,1-10,13H2. The van der Waals surface area contributed by atoms with Gasteiger partial charge in [0.25, 0.3) is 0 Å². The van der Waals surface area contributed by atoms with Crippen LogP contribution in [0.15, 0.2) is 0 Å². The Morgan fingerprint density at radius 1 is 1.29 bits per heavy atom. The Bertz CT molecular complexity index is 166. The van der Waals surface area contributed by atoms with Gasteiger partial charge >= 0.3 is 0 Å². The lowest BCUT2D eigenvalue weighted by atomic mass is 9.66. The van der Waals surface area contributed by atoms with Crippen LogP contribution < -0.4 is 5.73 Å². The van der Waals surface area contributed by atoms with E-state index in [1.54, 1.807) is 0 Å². The summed E-state index contributed by atoms with van der Waals surface area (Å²) in [6.07, 6.45) is 11.2. The maximum absolute atomic E-state index is 5.83. The van der Waals surface area contributed by atoms with Gasteiger partial charge in [-0.25, -0.2) is 0 Å². The molecule has 1 saturated heterocycles. The first-order valence-electron chi connectivity index (χ1n) is 6.16. The first kappa shape index (κ1) is 10.4. The third-order valence-electron chi connectivity index (χ3n) is 4.10. The molecule has 2 rings (SSSR count). The zero-order valence-corrected chi connectivity index (χ0v) is 9.13. The first-order chi connectivity index (χ1) is 6.85. The van der Waals surface area contributed by atoms with Crippen LogP contribution in [0.4, 0.5) is 0 Å². The number of nitrogens with two attached hydrogens (primary N) is 1.